The van der Waals surface area contributed by atoms with Gasteiger partial charge in [0, 0.05) is 17.9 Å². The molecule has 8 heteroatoms. The maximum Gasteiger partial charge on any atom is 0.218 e. The van der Waals surface area contributed by atoms with Crippen molar-refractivity contribution in [2.45, 2.75) is 10.8 Å². The van der Waals surface area contributed by atoms with E-state index in [1.807, 2.05) is 0 Å². The van der Waals surface area contributed by atoms with Gasteiger partial charge in [-0.15, -0.1) is 10.2 Å². The monoisotopic (exact) mass is 298 g/mol. The number of carbonyl (C=O) groups is 1. The van der Waals surface area contributed by atoms with E-state index in [9.17, 15) is 9.18 Å². The van der Waals surface area contributed by atoms with Crippen molar-refractivity contribution in [3.63, 3.8) is 0 Å². The normalized spacial score (nSPS) is 10.4. The van der Waals surface area contributed by atoms with Crippen LogP contribution >= 0.6 is 23.1 Å². The Bertz CT molecular complexity index is 575. The molecule has 0 atom stereocenters. The van der Waals surface area contributed by atoms with Crippen LogP contribution in [0.3, 0.4) is 0 Å². The molecule has 0 saturated heterocycles. The molecule has 5 nitrogen and oxygen atoms in total. The van der Waals surface area contributed by atoms with Crippen LogP contribution < -0.4 is 11.1 Å². The summed E-state index contributed by atoms with van der Waals surface area (Å²) in [5, 5.41) is 11.4. The van der Waals surface area contributed by atoms with Gasteiger partial charge in [-0.3, -0.25) is 4.79 Å². The van der Waals surface area contributed by atoms with Gasteiger partial charge < -0.3 is 11.1 Å². The smallest absolute Gasteiger partial charge is 0.218 e. The van der Waals surface area contributed by atoms with Gasteiger partial charge in [0.1, 0.15) is 5.82 Å². The minimum Gasteiger partial charge on any atom is -0.370 e. The zero-order valence-electron chi connectivity index (χ0n) is 9.80. The fourth-order valence-corrected chi connectivity index (χ4v) is 3.04. The topological polar surface area (TPSA) is 80.9 Å². The van der Waals surface area contributed by atoms with Crippen molar-refractivity contribution < 1.29 is 9.18 Å². The fourth-order valence-electron chi connectivity index (χ4n) is 1.25. The summed E-state index contributed by atoms with van der Waals surface area (Å²) < 4.78 is 13.7. The van der Waals surface area contributed by atoms with Crippen LogP contribution in [0.1, 0.15) is 6.42 Å². The first-order valence-corrected chi connectivity index (χ1v) is 7.21. The standard InChI is InChI=1S/C11H11FN4OS2/c12-7-2-1-3-8(6-7)14-10-15-16-11(19-10)18-5-4-9(13)17/h1-3,6H,4-5H2,(H2,13,17)(H,14,15). The highest BCUT2D eigenvalue weighted by Crippen LogP contribution is 2.27. The molecule has 0 radical (unpaired) electrons. The Labute approximate surface area is 117 Å². The third kappa shape index (κ3) is 4.49. The van der Waals surface area contributed by atoms with Crippen molar-refractivity contribution in [3.05, 3.63) is 30.1 Å². The van der Waals surface area contributed by atoms with E-state index in [1.54, 1.807) is 12.1 Å². The van der Waals surface area contributed by atoms with Crippen LogP contribution in [0.5, 0.6) is 0 Å². The maximum absolute atomic E-state index is 13.0. The average Bonchev–Trinajstić information content (AvgIpc) is 2.76. The number of hydrogen-bond acceptors (Lipinski definition) is 6. The molecule has 0 spiro atoms. The minimum absolute atomic E-state index is 0.302. The Balaban J connectivity index is 1.92. The van der Waals surface area contributed by atoms with E-state index in [2.05, 4.69) is 15.5 Å². The van der Waals surface area contributed by atoms with Crippen LogP contribution in [0.4, 0.5) is 15.2 Å². The zero-order valence-corrected chi connectivity index (χ0v) is 11.4. The number of nitrogens with zero attached hydrogens (tertiary/aromatic N) is 2. The molecular formula is C11H11FN4OS2. The first-order chi connectivity index (χ1) is 9.13. The molecule has 0 unspecified atom stereocenters. The van der Waals surface area contributed by atoms with Gasteiger partial charge in [0.2, 0.25) is 11.0 Å². The summed E-state index contributed by atoms with van der Waals surface area (Å²) in [4.78, 5) is 10.6. The van der Waals surface area contributed by atoms with Crippen LogP contribution in [0.15, 0.2) is 28.6 Å². The number of rotatable bonds is 6. The van der Waals surface area contributed by atoms with Crippen LogP contribution in [0, 0.1) is 5.82 Å². The Morgan fingerprint density at radius 2 is 2.32 bits per heavy atom. The van der Waals surface area contributed by atoms with Gasteiger partial charge in [0.25, 0.3) is 0 Å². The van der Waals surface area contributed by atoms with Gasteiger partial charge >= 0.3 is 0 Å². The number of benzene rings is 1. The van der Waals surface area contributed by atoms with Crippen LogP contribution in [-0.2, 0) is 4.79 Å². The number of anilines is 2. The summed E-state index contributed by atoms with van der Waals surface area (Å²) in [6.07, 6.45) is 0.302. The van der Waals surface area contributed by atoms with E-state index >= 15 is 0 Å². The summed E-state index contributed by atoms with van der Waals surface area (Å²) in [6.45, 7) is 0. The highest BCUT2D eigenvalue weighted by molar-refractivity contribution is 8.01. The van der Waals surface area contributed by atoms with Crippen molar-refractivity contribution in [2.75, 3.05) is 11.1 Å². The Hall–Kier alpha value is -1.67. The number of halogens is 1. The molecule has 1 aromatic heterocycles. The van der Waals surface area contributed by atoms with E-state index in [1.165, 1.54) is 35.2 Å². The summed E-state index contributed by atoms with van der Waals surface area (Å²) in [7, 11) is 0. The lowest BCUT2D eigenvalue weighted by molar-refractivity contribution is -0.117. The summed E-state index contributed by atoms with van der Waals surface area (Å²) in [6, 6.07) is 6.10. The van der Waals surface area contributed by atoms with Gasteiger partial charge in [0.05, 0.1) is 0 Å². The van der Waals surface area contributed by atoms with Crippen molar-refractivity contribution >= 4 is 39.8 Å². The lowest BCUT2D eigenvalue weighted by atomic mass is 10.3. The van der Waals surface area contributed by atoms with E-state index in [0.29, 0.717) is 23.0 Å². The largest absolute Gasteiger partial charge is 0.370 e. The van der Waals surface area contributed by atoms with Gasteiger partial charge in [-0.2, -0.15) is 0 Å². The zero-order chi connectivity index (χ0) is 13.7. The molecular weight excluding hydrogens is 287 g/mol. The van der Waals surface area contributed by atoms with E-state index in [-0.39, 0.29) is 11.7 Å². The van der Waals surface area contributed by atoms with Gasteiger partial charge in [0.15, 0.2) is 4.34 Å². The predicted molar refractivity (Wildman–Crippen MR) is 74.1 cm³/mol. The third-order valence-corrected chi connectivity index (χ3v) is 4.03. The molecule has 100 valence electrons. The molecule has 3 N–H and O–H groups in total. The fraction of sp³-hybridized carbons (Fsp3) is 0.182. The number of aromatic nitrogens is 2. The maximum atomic E-state index is 13.0. The van der Waals surface area contributed by atoms with Crippen molar-refractivity contribution in [2.24, 2.45) is 5.73 Å². The molecule has 0 aliphatic carbocycles. The van der Waals surface area contributed by atoms with Crippen molar-refractivity contribution in [1.29, 1.82) is 0 Å². The number of primary amides is 1. The number of thioether (sulfide) groups is 1. The Morgan fingerprint density at radius 1 is 1.47 bits per heavy atom. The average molecular weight is 298 g/mol. The second kappa shape index (κ2) is 6.48. The molecule has 1 amide bonds. The van der Waals surface area contributed by atoms with E-state index < -0.39 is 0 Å². The molecule has 1 heterocycles. The lowest BCUT2D eigenvalue weighted by Gasteiger charge is -2.00. The van der Waals surface area contributed by atoms with Crippen LogP contribution in [-0.4, -0.2) is 21.9 Å². The molecule has 0 saturated carbocycles. The highest BCUT2D eigenvalue weighted by atomic mass is 32.2. The molecule has 0 aliphatic heterocycles. The second-order valence-corrected chi connectivity index (χ2v) is 5.89. The van der Waals surface area contributed by atoms with E-state index in [0.717, 1.165) is 4.34 Å². The number of nitrogens with one attached hydrogen (secondary N) is 1. The summed E-state index contributed by atoms with van der Waals surface area (Å²) in [5.41, 5.74) is 5.66. The minimum atomic E-state index is -0.338. The number of nitrogens with two attached hydrogens (primary N) is 1. The van der Waals surface area contributed by atoms with Crippen LogP contribution in [0.2, 0.25) is 0 Å². The van der Waals surface area contributed by atoms with Gasteiger partial charge in [-0.05, 0) is 18.2 Å². The van der Waals surface area contributed by atoms with Crippen LogP contribution in [0.25, 0.3) is 0 Å². The number of hydrogen-bond donors (Lipinski definition) is 2. The summed E-state index contributed by atoms with van der Waals surface area (Å²) in [5.74, 6) is -0.0788. The Kier molecular flexibility index (Phi) is 4.69. The SMILES string of the molecule is NC(=O)CCSc1nnc(Nc2cccc(F)c2)s1. The lowest BCUT2D eigenvalue weighted by Crippen LogP contribution is -2.10. The Morgan fingerprint density at radius 3 is 3.05 bits per heavy atom. The molecule has 0 aliphatic rings. The van der Waals surface area contributed by atoms with Crippen molar-refractivity contribution in [1.82, 2.24) is 10.2 Å². The number of amides is 1. The first-order valence-electron chi connectivity index (χ1n) is 5.40. The molecule has 2 aromatic rings. The van der Waals surface area contributed by atoms with E-state index in [4.69, 9.17) is 5.73 Å². The van der Waals surface area contributed by atoms with Crippen molar-refractivity contribution in [3.8, 4) is 0 Å². The molecule has 19 heavy (non-hydrogen) atoms. The molecule has 1 aromatic carbocycles. The van der Waals surface area contributed by atoms with Gasteiger partial charge in [-0.25, -0.2) is 4.39 Å². The quantitative estimate of drug-likeness (QED) is 0.800. The summed E-state index contributed by atoms with van der Waals surface area (Å²) >= 11 is 2.75. The predicted octanol–water partition coefficient (Wildman–Crippen LogP) is 2.39. The molecule has 0 bridgehead atoms. The highest BCUT2D eigenvalue weighted by Gasteiger charge is 2.06. The molecule has 2 rings (SSSR count). The van der Waals surface area contributed by atoms with Gasteiger partial charge in [-0.1, -0.05) is 29.2 Å². The second-order valence-electron chi connectivity index (χ2n) is 3.57. The molecule has 0 fully saturated rings. The third-order valence-electron chi connectivity index (χ3n) is 2.06. The first kappa shape index (κ1) is 13.8. The number of carbonyl (C=O) groups excluding carboxylic acids is 1.